The molecule has 21 heavy (non-hydrogen) atoms. The summed E-state index contributed by atoms with van der Waals surface area (Å²) in [7, 11) is 4.15. The lowest BCUT2D eigenvalue weighted by Gasteiger charge is -2.37. The Bertz CT molecular complexity index is 513. The van der Waals surface area contributed by atoms with Crippen molar-refractivity contribution in [2.45, 2.75) is 38.3 Å². The Kier molecular flexibility index (Phi) is 3.89. The molecule has 0 amide bonds. The molecule has 0 atom stereocenters. The average Bonchev–Trinajstić information content (AvgIpc) is 2.83. The van der Waals surface area contributed by atoms with Crippen molar-refractivity contribution in [1.29, 1.82) is 0 Å². The Balaban J connectivity index is 1.53. The van der Waals surface area contributed by atoms with Gasteiger partial charge in [-0.1, -0.05) is 17.3 Å². The average molecular weight is 287 g/mol. The minimum Gasteiger partial charge on any atom is -0.389 e. The number of benzene rings is 1. The van der Waals surface area contributed by atoms with Gasteiger partial charge in [0.2, 0.25) is 0 Å². The fraction of sp³-hybridized carbons (Fsp3) is 0.588. The van der Waals surface area contributed by atoms with Gasteiger partial charge in [-0.05, 0) is 24.6 Å². The molecule has 0 bridgehead atoms. The van der Waals surface area contributed by atoms with Crippen LogP contribution in [0.25, 0.3) is 0 Å². The SMILES string of the molecule is CC1=NOC2(CCN(Cc3ccc(N(C)C)cc3)CC2)C1. The quantitative estimate of drug-likeness (QED) is 0.855. The van der Waals surface area contributed by atoms with E-state index >= 15 is 0 Å². The third-order valence-corrected chi connectivity index (χ3v) is 4.60. The monoisotopic (exact) mass is 287 g/mol. The molecule has 2 heterocycles. The molecule has 1 spiro atoms. The van der Waals surface area contributed by atoms with Crippen LogP contribution in [0.4, 0.5) is 5.69 Å². The van der Waals surface area contributed by atoms with Gasteiger partial charge >= 0.3 is 0 Å². The highest BCUT2D eigenvalue weighted by atomic mass is 16.7. The van der Waals surface area contributed by atoms with Crippen LogP contribution in [0.1, 0.15) is 31.7 Å². The lowest BCUT2D eigenvalue weighted by molar-refractivity contribution is -0.0626. The first kappa shape index (κ1) is 14.4. The number of oxime groups is 1. The van der Waals surface area contributed by atoms with Crippen LogP contribution in [-0.2, 0) is 11.4 Å². The lowest BCUT2D eigenvalue weighted by atomic mass is 9.87. The second-order valence-corrected chi connectivity index (χ2v) is 6.61. The van der Waals surface area contributed by atoms with Gasteiger partial charge in [0.05, 0.1) is 5.71 Å². The number of piperidine rings is 1. The third kappa shape index (κ3) is 3.21. The van der Waals surface area contributed by atoms with Gasteiger partial charge in [0, 0.05) is 58.7 Å². The topological polar surface area (TPSA) is 28.1 Å². The first-order chi connectivity index (χ1) is 10.1. The molecule has 1 aromatic carbocycles. The van der Waals surface area contributed by atoms with E-state index in [4.69, 9.17) is 4.84 Å². The molecule has 0 aromatic heterocycles. The van der Waals surface area contributed by atoms with Crippen LogP contribution in [0.2, 0.25) is 0 Å². The molecular weight excluding hydrogens is 262 g/mol. The second kappa shape index (κ2) is 5.68. The van der Waals surface area contributed by atoms with Gasteiger partial charge in [0.15, 0.2) is 0 Å². The largest absolute Gasteiger partial charge is 0.389 e. The fourth-order valence-corrected chi connectivity index (χ4v) is 3.25. The van der Waals surface area contributed by atoms with Crippen molar-refractivity contribution in [2.75, 3.05) is 32.1 Å². The van der Waals surface area contributed by atoms with E-state index in [1.165, 1.54) is 11.3 Å². The van der Waals surface area contributed by atoms with Crippen LogP contribution in [0.5, 0.6) is 0 Å². The van der Waals surface area contributed by atoms with Crippen molar-refractivity contribution < 1.29 is 4.84 Å². The van der Waals surface area contributed by atoms with E-state index in [0.717, 1.165) is 44.6 Å². The summed E-state index contributed by atoms with van der Waals surface area (Å²) in [5.41, 5.74) is 3.79. The van der Waals surface area contributed by atoms with Crippen LogP contribution in [0.3, 0.4) is 0 Å². The summed E-state index contributed by atoms with van der Waals surface area (Å²) in [4.78, 5) is 10.3. The number of hydrogen-bond donors (Lipinski definition) is 0. The Hall–Kier alpha value is -1.55. The van der Waals surface area contributed by atoms with Gasteiger partial charge in [-0.2, -0.15) is 0 Å². The summed E-state index contributed by atoms with van der Waals surface area (Å²) in [5.74, 6) is 0. The van der Waals surface area contributed by atoms with Crippen LogP contribution in [0.15, 0.2) is 29.4 Å². The summed E-state index contributed by atoms with van der Waals surface area (Å²) in [5, 5.41) is 4.14. The maximum Gasteiger partial charge on any atom is 0.145 e. The molecule has 114 valence electrons. The second-order valence-electron chi connectivity index (χ2n) is 6.61. The molecule has 2 aliphatic heterocycles. The van der Waals surface area contributed by atoms with Crippen molar-refractivity contribution in [1.82, 2.24) is 4.90 Å². The first-order valence-electron chi connectivity index (χ1n) is 7.77. The molecule has 0 N–H and O–H groups in total. The molecule has 0 aliphatic carbocycles. The molecule has 0 radical (unpaired) electrons. The molecule has 4 nitrogen and oxygen atoms in total. The van der Waals surface area contributed by atoms with Gasteiger partial charge in [-0.25, -0.2) is 0 Å². The normalized spacial score (nSPS) is 21.2. The Morgan fingerprint density at radius 2 is 1.86 bits per heavy atom. The molecule has 1 aromatic rings. The number of likely N-dealkylation sites (tertiary alicyclic amines) is 1. The molecule has 3 rings (SSSR count). The van der Waals surface area contributed by atoms with Crippen LogP contribution in [-0.4, -0.2) is 43.4 Å². The van der Waals surface area contributed by atoms with Gasteiger partial charge < -0.3 is 9.74 Å². The Labute approximate surface area is 127 Å². The van der Waals surface area contributed by atoms with Gasteiger partial charge in [0.25, 0.3) is 0 Å². The summed E-state index contributed by atoms with van der Waals surface area (Å²) in [6.07, 6.45) is 3.19. The van der Waals surface area contributed by atoms with Crippen molar-refractivity contribution in [3.05, 3.63) is 29.8 Å². The van der Waals surface area contributed by atoms with Gasteiger partial charge in [0.1, 0.15) is 5.60 Å². The zero-order chi connectivity index (χ0) is 14.9. The summed E-state index contributed by atoms with van der Waals surface area (Å²) in [6.45, 7) is 5.29. The smallest absolute Gasteiger partial charge is 0.145 e. The van der Waals surface area contributed by atoms with E-state index in [2.05, 4.69) is 60.2 Å². The minimum atomic E-state index is 0.00929. The van der Waals surface area contributed by atoms with E-state index in [1.54, 1.807) is 0 Å². The minimum absolute atomic E-state index is 0.00929. The molecule has 1 saturated heterocycles. The van der Waals surface area contributed by atoms with E-state index < -0.39 is 0 Å². The fourth-order valence-electron chi connectivity index (χ4n) is 3.25. The zero-order valence-corrected chi connectivity index (χ0v) is 13.3. The number of hydrogen-bond acceptors (Lipinski definition) is 4. The van der Waals surface area contributed by atoms with Crippen molar-refractivity contribution in [3.63, 3.8) is 0 Å². The van der Waals surface area contributed by atoms with Crippen LogP contribution in [0, 0.1) is 0 Å². The molecule has 0 unspecified atom stereocenters. The Morgan fingerprint density at radius 3 is 2.38 bits per heavy atom. The van der Waals surface area contributed by atoms with Gasteiger partial charge in [-0.15, -0.1) is 0 Å². The third-order valence-electron chi connectivity index (χ3n) is 4.60. The van der Waals surface area contributed by atoms with Crippen LogP contribution < -0.4 is 4.90 Å². The van der Waals surface area contributed by atoms with E-state index in [9.17, 15) is 0 Å². The summed E-state index contributed by atoms with van der Waals surface area (Å²) >= 11 is 0. The first-order valence-corrected chi connectivity index (χ1v) is 7.77. The predicted octanol–water partition coefficient (Wildman–Crippen LogP) is 2.88. The van der Waals surface area contributed by atoms with Gasteiger partial charge in [-0.3, -0.25) is 4.90 Å². The highest BCUT2D eigenvalue weighted by Crippen LogP contribution is 2.34. The number of anilines is 1. The van der Waals surface area contributed by atoms with Crippen molar-refractivity contribution in [2.24, 2.45) is 5.16 Å². The number of rotatable bonds is 3. The zero-order valence-electron chi connectivity index (χ0n) is 13.3. The summed E-state index contributed by atoms with van der Waals surface area (Å²) < 4.78 is 0. The molecular formula is C17H25N3O. The number of nitrogens with zero attached hydrogens (tertiary/aromatic N) is 3. The highest BCUT2D eigenvalue weighted by molar-refractivity contribution is 5.83. The standard InChI is InChI=1S/C17H25N3O/c1-14-12-17(21-18-14)8-10-20(11-9-17)13-15-4-6-16(7-5-15)19(2)3/h4-7H,8-13H2,1-3H3. The van der Waals surface area contributed by atoms with E-state index in [0.29, 0.717) is 0 Å². The lowest BCUT2D eigenvalue weighted by Crippen LogP contribution is -2.44. The Morgan fingerprint density at radius 1 is 1.19 bits per heavy atom. The maximum atomic E-state index is 5.69. The molecule has 1 fully saturated rings. The maximum absolute atomic E-state index is 5.69. The highest BCUT2D eigenvalue weighted by Gasteiger charge is 2.40. The van der Waals surface area contributed by atoms with Crippen molar-refractivity contribution >= 4 is 11.4 Å². The van der Waals surface area contributed by atoms with Crippen LogP contribution >= 0.6 is 0 Å². The predicted molar refractivity (Wildman–Crippen MR) is 86.8 cm³/mol. The van der Waals surface area contributed by atoms with Crippen molar-refractivity contribution in [3.8, 4) is 0 Å². The molecule has 2 aliphatic rings. The summed E-state index contributed by atoms with van der Waals surface area (Å²) in [6, 6.07) is 8.86. The molecule has 0 saturated carbocycles. The molecule has 4 heteroatoms. The van der Waals surface area contributed by atoms with E-state index in [-0.39, 0.29) is 5.60 Å². The van der Waals surface area contributed by atoms with E-state index in [1.807, 2.05) is 0 Å².